The number of benzene rings is 1. The molecule has 3 aromatic rings. The van der Waals surface area contributed by atoms with Gasteiger partial charge < -0.3 is 5.32 Å². The number of amides is 1. The molecule has 1 N–H and O–H groups in total. The van der Waals surface area contributed by atoms with Crippen molar-refractivity contribution in [3.63, 3.8) is 0 Å². The summed E-state index contributed by atoms with van der Waals surface area (Å²) in [4.78, 5) is 20.4. The number of hydrogen-bond acceptors (Lipinski definition) is 4. The maximum atomic E-state index is 12.3. The van der Waals surface area contributed by atoms with Gasteiger partial charge in [0.25, 0.3) is 5.91 Å². The third kappa shape index (κ3) is 2.79. The van der Waals surface area contributed by atoms with Crippen molar-refractivity contribution < 1.29 is 4.79 Å². The molecule has 1 aromatic carbocycles. The lowest BCUT2D eigenvalue weighted by molar-refractivity contribution is 0.102. The molecular formula is C15H13N5O. The van der Waals surface area contributed by atoms with Crippen LogP contribution in [0.25, 0.3) is 5.69 Å². The Labute approximate surface area is 121 Å². The molecule has 0 radical (unpaired) electrons. The van der Waals surface area contributed by atoms with Gasteiger partial charge in [0, 0.05) is 5.69 Å². The summed E-state index contributed by atoms with van der Waals surface area (Å²) in [6, 6.07) is 12.7. The van der Waals surface area contributed by atoms with E-state index in [9.17, 15) is 4.79 Å². The van der Waals surface area contributed by atoms with E-state index in [1.807, 2.05) is 37.3 Å². The van der Waals surface area contributed by atoms with E-state index >= 15 is 0 Å². The Bertz CT molecular complexity index is 767. The Morgan fingerprint density at radius 2 is 2.00 bits per heavy atom. The molecule has 2 heterocycles. The molecule has 0 unspecified atom stereocenters. The highest BCUT2D eigenvalue weighted by molar-refractivity contribution is 6.03. The minimum absolute atomic E-state index is 0.258. The zero-order chi connectivity index (χ0) is 14.7. The third-order valence-corrected chi connectivity index (χ3v) is 2.94. The quantitative estimate of drug-likeness (QED) is 0.798. The molecule has 0 fully saturated rings. The molecule has 104 valence electrons. The Kier molecular flexibility index (Phi) is 3.42. The van der Waals surface area contributed by atoms with Crippen LogP contribution < -0.4 is 5.32 Å². The lowest BCUT2D eigenvalue weighted by atomic mass is 10.2. The fraction of sp³-hybridized carbons (Fsp3) is 0.0667. The van der Waals surface area contributed by atoms with Crippen molar-refractivity contribution in [1.29, 1.82) is 0 Å². The number of anilines is 1. The van der Waals surface area contributed by atoms with Crippen LogP contribution in [0.2, 0.25) is 0 Å². The van der Waals surface area contributed by atoms with Crippen molar-refractivity contribution in [3.05, 3.63) is 66.5 Å². The fourth-order valence-corrected chi connectivity index (χ4v) is 1.97. The van der Waals surface area contributed by atoms with Gasteiger partial charge in [-0.05, 0) is 31.2 Å². The first-order valence-corrected chi connectivity index (χ1v) is 6.43. The number of pyridine rings is 1. The van der Waals surface area contributed by atoms with Gasteiger partial charge >= 0.3 is 0 Å². The maximum absolute atomic E-state index is 12.3. The smallest absolute Gasteiger partial charge is 0.274 e. The zero-order valence-corrected chi connectivity index (χ0v) is 11.4. The van der Waals surface area contributed by atoms with Crippen LogP contribution in [0.15, 0.2) is 55.1 Å². The minimum atomic E-state index is -0.258. The Balaban J connectivity index is 1.90. The largest absolute Gasteiger partial charge is 0.319 e. The first-order chi connectivity index (χ1) is 10.2. The van der Waals surface area contributed by atoms with E-state index in [2.05, 4.69) is 20.4 Å². The number of nitrogens with one attached hydrogen (secondary N) is 1. The third-order valence-electron chi connectivity index (χ3n) is 2.94. The van der Waals surface area contributed by atoms with E-state index in [0.29, 0.717) is 11.4 Å². The van der Waals surface area contributed by atoms with Crippen LogP contribution in [-0.2, 0) is 0 Å². The van der Waals surface area contributed by atoms with Crippen LogP contribution in [-0.4, -0.2) is 25.7 Å². The number of nitrogens with zero attached hydrogens (tertiary/aromatic N) is 4. The summed E-state index contributed by atoms with van der Waals surface area (Å²) >= 11 is 0. The lowest BCUT2D eigenvalue weighted by Gasteiger charge is -2.10. The highest BCUT2D eigenvalue weighted by Gasteiger charge is 2.11. The van der Waals surface area contributed by atoms with Gasteiger partial charge in [0.05, 0.1) is 11.4 Å². The van der Waals surface area contributed by atoms with Gasteiger partial charge in [-0.3, -0.25) is 4.79 Å². The second kappa shape index (κ2) is 5.54. The van der Waals surface area contributed by atoms with Crippen LogP contribution >= 0.6 is 0 Å². The van der Waals surface area contributed by atoms with Crippen LogP contribution in [0, 0.1) is 6.92 Å². The number of hydrogen-bond donors (Lipinski definition) is 1. The molecule has 6 nitrogen and oxygen atoms in total. The van der Waals surface area contributed by atoms with Crippen molar-refractivity contribution in [2.75, 3.05) is 5.32 Å². The summed E-state index contributed by atoms with van der Waals surface area (Å²) in [7, 11) is 0. The van der Waals surface area contributed by atoms with Crippen LogP contribution in [0.5, 0.6) is 0 Å². The van der Waals surface area contributed by atoms with Gasteiger partial charge in [-0.2, -0.15) is 5.10 Å². The average molecular weight is 279 g/mol. The Morgan fingerprint density at radius 1 is 1.14 bits per heavy atom. The minimum Gasteiger partial charge on any atom is -0.319 e. The molecule has 0 aliphatic carbocycles. The van der Waals surface area contributed by atoms with Crippen molar-refractivity contribution in [1.82, 2.24) is 19.7 Å². The Hall–Kier alpha value is -3.02. The second-order valence-electron chi connectivity index (χ2n) is 4.48. The van der Waals surface area contributed by atoms with E-state index in [-0.39, 0.29) is 5.91 Å². The van der Waals surface area contributed by atoms with E-state index in [1.165, 1.54) is 6.33 Å². The molecule has 0 saturated heterocycles. The van der Waals surface area contributed by atoms with Crippen molar-refractivity contribution >= 4 is 11.6 Å². The molecule has 1 amide bonds. The molecule has 2 aromatic heterocycles. The maximum Gasteiger partial charge on any atom is 0.274 e. The van der Waals surface area contributed by atoms with Gasteiger partial charge in [-0.25, -0.2) is 14.6 Å². The molecule has 0 saturated carbocycles. The van der Waals surface area contributed by atoms with Crippen molar-refractivity contribution in [2.24, 2.45) is 0 Å². The van der Waals surface area contributed by atoms with Crippen LogP contribution in [0.4, 0.5) is 5.69 Å². The predicted octanol–water partition coefficient (Wildman–Crippen LogP) is 2.22. The first kappa shape index (κ1) is 13.0. The standard InChI is InChI=1S/C15H13N5O/c1-11-5-4-7-13(18-11)15(21)19-12-6-2-3-8-14(12)20-10-16-9-17-20/h2-10H,1H3,(H,19,21). The van der Waals surface area contributed by atoms with Gasteiger partial charge in [-0.15, -0.1) is 0 Å². The summed E-state index contributed by atoms with van der Waals surface area (Å²) in [5.41, 5.74) is 2.57. The summed E-state index contributed by atoms with van der Waals surface area (Å²) in [6.45, 7) is 1.85. The molecule has 0 aliphatic heterocycles. The number of carbonyl (C=O) groups excluding carboxylic acids is 1. The van der Waals surface area contributed by atoms with Crippen molar-refractivity contribution in [3.8, 4) is 5.69 Å². The number of para-hydroxylation sites is 2. The van der Waals surface area contributed by atoms with Crippen molar-refractivity contribution in [2.45, 2.75) is 6.92 Å². The van der Waals surface area contributed by atoms with E-state index in [4.69, 9.17) is 0 Å². The summed E-state index contributed by atoms with van der Waals surface area (Å²) in [6.07, 6.45) is 3.02. The van der Waals surface area contributed by atoms with Gasteiger partial charge in [0.15, 0.2) is 0 Å². The Morgan fingerprint density at radius 3 is 2.76 bits per heavy atom. The molecule has 21 heavy (non-hydrogen) atoms. The van der Waals surface area contributed by atoms with Gasteiger partial charge in [0.1, 0.15) is 18.3 Å². The molecule has 3 rings (SSSR count). The van der Waals surface area contributed by atoms with Gasteiger partial charge in [-0.1, -0.05) is 18.2 Å². The molecule has 0 bridgehead atoms. The second-order valence-corrected chi connectivity index (χ2v) is 4.48. The number of aryl methyl sites for hydroxylation is 1. The number of carbonyl (C=O) groups is 1. The molecule has 6 heteroatoms. The highest BCUT2D eigenvalue weighted by Crippen LogP contribution is 2.19. The van der Waals surface area contributed by atoms with E-state index in [1.54, 1.807) is 23.1 Å². The number of aromatic nitrogens is 4. The zero-order valence-electron chi connectivity index (χ0n) is 11.4. The van der Waals surface area contributed by atoms with Gasteiger partial charge in [0.2, 0.25) is 0 Å². The van der Waals surface area contributed by atoms with Crippen LogP contribution in [0.1, 0.15) is 16.2 Å². The predicted molar refractivity (Wildman–Crippen MR) is 78.3 cm³/mol. The summed E-state index contributed by atoms with van der Waals surface area (Å²) in [5, 5.41) is 6.93. The normalized spacial score (nSPS) is 10.3. The molecule has 0 atom stereocenters. The van der Waals surface area contributed by atoms with Crippen LogP contribution in [0.3, 0.4) is 0 Å². The van der Waals surface area contributed by atoms with E-state index < -0.39 is 0 Å². The first-order valence-electron chi connectivity index (χ1n) is 6.43. The average Bonchev–Trinajstić information content (AvgIpc) is 3.02. The summed E-state index contributed by atoms with van der Waals surface area (Å²) < 4.78 is 1.60. The lowest BCUT2D eigenvalue weighted by Crippen LogP contribution is -2.15. The SMILES string of the molecule is Cc1cccc(C(=O)Nc2ccccc2-n2cncn2)n1. The topological polar surface area (TPSA) is 72.7 Å². The fourth-order valence-electron chi connectivity index (χ4n) is 1.97. The molecular weight excluding hydrogens is 266 g/mol. The highest BCUT2D eigenvalue weighted by atomic mass is 16.1. The van der Waals surface area contributed by atoms with E-state index in [0.717, 1.165) is 11.4 Å². The monoisotopic (exact) mass is 279 g/mol. The number of rotatable bonds is 3. The molecule has 0 spiro atoms. The summed E-state index contributed by atoms with van der Waals surface area (Å²) in [5.74, 6) is -0.258. The molecule has 0 aliphatic rings.